The second-order valence-electron chi connectivity index (χ2n) is 5.51. The largest absolute Gasteiger partial charge is 0.396 e. The third-order valence-electron chi connectivity index (χ3n) is 3.84. The van der Waals surface area contributed by atoms with Crippen molar-refractivity contribution >= 4 is 22.3 Å². The van der Waals surface area contributed by atoms with E-state index >= 15 is 0 Å². The van der Waals surface area contributed by atoms with Crippen molar-refractivity contribution in [3.8, 4) is 0 Å². The van der Waals surface area contributed by atoms with E-state index < -0.39 is 0 Å². The van der Waals surface area contributed by atoms with Crippen LogP contribution in [0.5, 0.6) is 0 Å². The molecule has 0 aliphatic heterocycles. The van der Waals surface area contributed by atoms with Gasteiger partial charge in [0.1, 0.15) is 0 Å². The van der Waals surface area contributed by atoms with E-state index in [1.54, 1.807) is 6.20 Å². The van der Waals surface area contributed by atoms with Gasteiger partial charge in [-0.15, -0.1) is 0 Å². The van der Waals surface area contributed by atoms with Gasteiger partial charge in [-0.1, -0.05) is 0 Å². The Bertz CT molecular complexity index is 595. The molecule has 106 valence electrons. The van der Waals surface area contributed by atoms with Gasteiger partial charge in [-0.2, -0.15) is 0 Å². The van der Waals surface area contributed by atoms with Crippen molar-refractivity contribution in [2.24, 2.45) is 5.92 Å². The normalized spacial score (nSPS) is 14.7. The predicted molar refractivity (Wildman–Crippen MR) is 83.0 cm³/mol. The van der Waals surface area contributed by atoms with Crippen molar-refractivity contribution in [1.29, 1.82) is 0 Å². The van der Waals surface area contributed by atoms with Crippen LogP contribution in [-0.2, 0) is 4.74 Å². The Kier molecular flexibility index (Phi) is 3.74. The molecule has 3 rings (SSSR count). The summed E-state index contributed by atoms with van der Waals surface area (Å²) in [5, 5.41) is 1.01. The van der Waals surface area contributed by atoms with Gasteiger partial charge in [0.15, 0.2) is 0 Å². The molecular formula is C16H21N3O. The first kappa shape index (κ1) is 13.2. The molecule has 1 aromatic heterocycles. The number of fused-ring (bicyclic) bond motifs is 1. The molecule has 0 bridgehead atoms. The fourth-order valence-corrected chi connectivity index (χ4v) is 2.35. The van der Waals surface area contributed by atoms with Crippen molar-refractivity contribution < 1.29 is 4.74 Å². The lowest BCUT2D eigenvalue weighted by Crippen LogP contribution is -2.23. The SMILES string of the molecule is CN(CCOCC1CC1)c1ccc2ncccc2c1N. The summed E-state index contributed by atoms with van der Waals surface area (Å²) in [7, 11) is 2.05. The molecule has 4 heteroatoms. The number of hydrogen-bond acceptors (Lipinski definition) is 4. The lowest BCUT2D eigenvalue weighted by Gasteiger charge is -2.21. The highest BCUT2D eigenvalue weighted by Crippen LogP contribution is 2.30. The number of pyridine rings is 1. The topological polar surface area (TPSA) is 51.4 Å². The fraction of sp³-hybridized carbons (Fsp3) is 0.438. The number of hydrogen-bond donors (Lipinski definition) is 1. The molecule has 0 radical (unpaired) electrons. The highest BCUT2D eigenvalue weighted by atomic mass is 16.5. The van der Waals surface area contributed by atoms with Crippen LogP contribution in [0.1, 0.15) is 12.8 Å². The minimum atomic E-state index is 0.748. The van der Waals surface area contributed by atoms with Gasteiger partial charge < -0.3 is 15.4 Å². The predicted octanol–water partition coefficient (Wildman–Crippen LogP) is 2.68. The molecule has 1 aliphatic carbocycles. The van der Waals surface area contributed by atoms with Crippen LogP contribution in [0.15, 0.2) is 30.5 Å². The molecule has 0 saturated heterocycles. The Morgan fingerprint density at radius 3 is 3.00 bits per heavy atom. The first-order valence-electron chi connectivity index (χ1n) is 7.18. The molecule has 0 spiro atoms. The van der Waals surface area contributed by atoms with E-state index in [0.29, 0.717) is 0 Å². The molecule has 0 atom stereocenters. The van der Waals surface area contributed by atoms with Crippen LogP contribution < -0.4 is 10.6 Å². The Hall–Kier alpha value is -1.81. The third kappa shape index (κ3) is 2.85. The number of anilines is 2. The minimum Gasteiger partial charge on any atom is -0.396 e. The summed E-state index contributed by atoms with van der Waals surface area (Å²) in [6.45, 7) is 2.51. The summed E-state index contributed by atoms with van der Waals surface area (Å²) in [6.07, 6.45) is 4.46. The summed E-state index contributed by atoms with van der Waals surface area (Å²) in [5.74, 6) is 0.817. The van der Waals surface area contributed by atoms with Crippen LogP contribution in [0.3, 0.4) is 0 Å². The molecule has 1 aromatic carbocycles. The minimum absolute atomic E-state index is 0.748. The summed E-state index contributed by atoms with van der Waals surface area (Å²) < 4.78 is 5.68. The average molecular weight is 271 g/mol. The van der Waals surface area contributed by atoms with E-state index in [0.717, 1.165) is 48.0 Å². The molecule has 0 unspecified atom stereocenters. The summed E-state index contributed by atoms with van der Waals surface area (Å²) >= 11 is 0. The highest BCUT2D eigenvalue weighted by molar-refractivity contribution is 5.97. The van der Waals surface area contributed by atoms with E-state index in [1.807, 2.05) is 31.3 Å². The van der Waals surface area contributed by atoms with Gasteiger partial charge >= 0.3 is 0 Å². The first-order chi connectivity index (χ1) is 9.75. The molecule has 2 N–H and O–H groups in total. The van der Waals surface area contributed by atoms with E-state index in [1.165, 1.54) is 12.8 Å². The number of nitrogen functional groups attached to an aromatic ring is 1. The Labute approximate surface area is 119 Å². The quantitative estimate of drug-likeness (QED) is 0.648. The molecule has 20 heavy (non-hydrogen) atoms. The maximum absolute atomic E-state index is 6.26. The van der Waals surface area contributed by atoms with Crippen LogP contribution in [0.2, 0.25) is 0 Å². The zero-order valence-electron chi connectivity index (χ0n) is 11.9. The Balaban J connectivity index is 1.66. The van der Waals surface area contributed by atoms with Crippen molar-refractivity contribution in [3.05, 3.63) is 30.5 Å². The Morgan fingerprint density at radius 1 is 1.35 bits per heavy atom. The van der Waals surface area contributed by atoms with Crippen molar-refractivity contribution in [3.63, 3.8) is 0 Å². The van der Waals surface area contributed by atoms with E-state index in [-0.39, 0.29) is 0 Å². The number of likely N-dealkylation sites (N-methyl/N-ethyl adjacent to an activating group) is 1. The first-order valence-corrected chi connectivity index (χ1v) is 7.18. The van der Waals surface area contributed by atoms with Crippen molar-refractivity contribution in [2.75, 3.05) is 37.4 Å². The van der Waals surface area contributed by atoms with Crippen LogP contribution in [0.4, 0.5) is 11.4 Å². The van der Waals surface area contributed by atoms with E-state index in [2.05, 4.69) is 9.88 Å². The van der Waals surface area contributed by atoms with E-state index in [4.69, 9.17) is 10.5 Å². The van der Waals surface area contributed by atoms with Crippen LogP contribution in [0, 0.1) is 5.92 Å². The summed E-state index contributed by atoms with van der Waals surface area (Å²) in [6, 6.07) is 7.98. The number of benzene rings is 1. The van der Waals surface area contributed by atoms with Gasteiger partial charge in [-0.05, 0) is 43.0 Å². The summed E-state index contributed by atoms with van der Waals surface area (Å²) in [5.41, 5.74) is 9.03. The molecule has 1 aliphatic rings. The highest BCUT2D eigenvalue weighted by Gasteiger charge is 2.21. The molecular weight excluding hydrogens is 250 g/mol. The molecule has 4 nitrogen and oxygen atoms in total. The van der Waals surface area contributed by atoms with Crippen molar-refractivity contribution in [2.45, 2.75) is 12.8 Å². The second-order valence-corrected chi connectivity index (χ2v) is 5.51. The zero-order chi connectivity index (χ0) is 13.9. The second kappa shape index (κ2) is 5.67. The van der Waals surface area contributed by atoms with Gasteiger partial charge in [0.05, 0.1) is 23.5 Å². The smallest absolute Gasteiger partial charge is 0.0724 e. The maximum atomic E-state index is 6.26. The molecule has 2 aromatic rings. The van der Waals surface area contributed by atoms with Gasteiger partial charge in [0.25, 0.3) is 0 Å². The number of aromatic nitrogens is 1. The molecule has 1 fully saturated rings. The number of rotatable bonds is 6. The molecule has 1 heterocycles. The fourth-order valence-electron chi connectivity index (χ4n) is 2.35. The monoisotopic (exact) mass is 271 g/mol. The third-order valence-corrected chi connectivity index (χ3v) is 3.84. The Morgan fingerprint density at radius 2 is 2.20 bits per heavy atom. The van der Waals surface area contributed by atoms with Gasteiger partial charge in [-0.3, -0.25) is 4.98 Å². The van der Waals surface area contributed by atoms with Gasteiger partial charge in [0, 0.05) is 31.8 Å². The zero-order valence-corrected chi connectivity index (χ0v) is 11.9. The number of nitrogens with two attached hydrogens (primary N) is 1. The van der Waals surface area contributed by atoms with Crippen LogP contribution in [0.25, 0.3) is 10.9 Å². The van der Waals surface area contributed by atoms with Gasteiger partial charge in [0.2, 0.25) is 0 Å². The molecule has 0 amide bonds. The van der Waals surface area contributed by atoms with Gasteiger partial charge in [-0.25, -0.2) is 0 Å². The van der Waals surface area contributed by atoms with Crippen molar-refractivity contribution in [1.82, 2.24) is 4.98 Å². The lowest BCUT2D eigenvalue weighted by atomic mass is 10.1. The number of nitrogens with zero attached hydrogens (tertiary/aromatic N) is 2. The average Bonchev–Trinajstić information content (AvgIpc) is 3.28. The lowest BCUT2D eigenvalue weighted by molar-refractivity contribution is 0.131. The maximum Gasteiger partial charge on any atom is 0.0724 e. The van der Waals surface area contributed by atoms with E-state index in [9.17, 15) is 0 Å². The summed E-state index contributed by atoms with van der Waals surface area (Å²) in [4.78, 5) is 6.47. The number of ether oxygens (including phenoxy) is 1. The standard InChI is InChI=1S/C16H21N3O/c1-19(9-10-20-11-12-4-5-12)15-7-6-14-13(16(15)17)3-2-8-18-14/h2-3,6-8,12H,4-5,9-11,17H2,1H3. The van der Waals surface area contributed by atoms with Crippen LogP contribution in [-0.4, -0.2) is 31.8 Å². The molecule has 1 saturated carbocycles. The van der Waals surface area contributed by atoms with Crippen LogP contribution >= 0.6 is 0 Å².